The minimum absolute atomic E-state index is 0. The van der Waals surface area contributed by atoms with Gasteiger partial charge in [0.2, 0.25) is 5.96 Å². The normalized spacial score (nSPS) is 16.2. The molecular weight excluding hydrogens is 428 g/mol. The molecule has 0 aromatic heterocycles. The molecule has 0 saturated heterocycles. The highest BCUT2D eigenvalue weighted by atomic mass is 35.5. The maximum absolute atomic E-state index is 12.9. The van der Waals surface area contributed by atoms with E-state index < -0.39 is 10.0 Å². The molecule has 2 aromatic rings. The lowest BCUT2D eigenvalue weighted by atomic mass is 10.1. The van der Waals surface area contributed by atoms with Crippen LogP contribution in [0.3, 0.4) is 0 Å². The van der Waals surface area contributed by atoms with Crippen LogP contribution in [0.4, 0.5) is 11.4 Å². The van der Waals surface area contributed by atoms with Crippen LogP contribution in [-0.4, -0.2) is 40.3 Å². The van der Waals surface area contributed by atoms with E-state index >= 15 is 0 Å². The Kier molecular flexibility index (Phi) is 6.09. The first-order chi connectivity index (χ1) is 13.8. The average Bonchev–Trinajstić information content (AvgIpc) is 3.08. The van der Waals surface area contributed by atoms with Gasteiger partial charge in [0.05, 0.1) is 22.8 Å². The number of aryl methyl sites for hydroxylation is 1. The van der Waals surface area contributed by atoms with Crippen LogP contribution in [0.25, 0.3) is 0 Å². The summed E-state index contributed by atoms with van der Waals surface area (Å²) in [6.07, 6.45) is 1.49. The van der Waals surface area contributed by atoms with Gasteiger partial charge in [0, 0.05) is 24.4 Å². The molecule has 30 heavy (non-hydrogen) atoms. The average molecular weight is 451 g/mol. The molecule has 9 nitrogen and oxygen atoms in total. The molecule has 5 N–H and O–H groups in total. The molecule has 0 unspecified atom stereocenters. The molecule has 2 aromatic carbocycles. The summed E-state index contributed by atoms with van der Waals surface area (Å²) in [4.78, 5) is 2.17. The molecule has 0 spiro atoms. The summed E-state index contributed by atoms with van der Waals surface area (Å²) in [5.41, 5.74) is 14.6. The van der Waals surface area contributed by atoms with Gasteiger partial charge in [-0.2, -0.15) is 5.10 Å². The summed E-state index contributed by atoms with van der Waals surface area (Å²) in [5.74, 6) is 0.435. The summed E-state index contributed by atoms with van der Waals surface area (Å²) >= 11 is 0. The Morgan fingerprint density at radius 2 is 1.97 bits per heavy atom. The van der Waals surface area contributed by atoms with Gasteiger partial charge in [-0.1, -0.05) is 6.07 Å². The van der Waals surface area contributed by atoms with Crippen molar-refractivity contribution in [3.63, 3.8) is 0 Å². The number of nitrogens with one attached hydrogen (secondary N) is 1. The van der Waals surface area contributed by atoms with E-state index in [1.165, 1.54) is 0 Å². The Morgan fingerprint density at radius 1 is 1.17 bits per heavy atom. The number of guanidine groups is 1. The number of anilines is 2. The predicted octanol–water partition coefficient (Wildman–Crippen LogP) is 1.66. The van der Waals surface area contributed by atoms with Crippen LogP contribution in [0.1, 0.15) is 17.5 Å². The van der Waals surface area contributed by atoms with Gasteiger partial charge in [0.1, 0.15) is 12.4 Å². The highest BCUT2D eigenvalue weighted by molar-refractivity contribution is 7.92. The van der Waals surface area contributed by atoms with E-state index in [1.807, 2.05) is 18.0 Å². The lowest BCUT2D eigenvalue weighted by Gasteiger charge is -2.27. The van der Waals surface area contributed by atoms with Crippen LogP contribution in [0.5, 0.6) is 5.75 Å². The van der Waals surface area contributed by atoms with Gasteiger partial charge in [-0.15, -0.1) is 17.5 Å². The quantitative estimate of drug-likeness (QED) is 0.368. The number of hydrogen-bond acceptors (Lipinski definition) is 6. The van der Waals surface area contributed by atoms with E-state index in [1.54, 1.807) is 30.3 Å². The SMILES string of the molecule is CN1CCOc2cc(S(=O)(=O)Nc3ccc4c(c3)C(=NN=C(N)N)CC4)ccc21.Cl. The highest BCUT2D eigenvalue weighted by Crippen LogP contribution is 2.33. The van der Waals surface area contributed by atoms with Crippen LogP contribution >= 0.6 is 12.4 Å². The fourth-order valence-electron chi connectivity index (χ4n) is 3.46. The van der Waals surface area contributed by atoms with E-state index in [-0.39, 0.29) is 23.3 Å². The van der Waals surface area contributed by atoms with Crippen molar-refractivity contribution in [3.8, 4) is 5.75 Å². The van der Waals surface area contributed by atoms with E-state index in [2.05, 4.69) is 14.9 Å². The molecule has 0 radical (unpaired) electrons. The number of hydrogen-bond donors (Lipinski definition) is 3. The van der Waals surface area contributed by atoms with Gasteiger partial charge < -0.3 is 21.1 Å². The van der Waals surface area contributed by atoms with Gasteiger partial charge in [0.15, 0.2) is 0 Å². The molecule has 11 heteroatoms. The van der Waals surface area contributed by atoms with E-state index in [0.717, 1.165) is 35.5 Å². The Balaban J connectivity index is 0.00000256. The molecule has 1 aliphatic heterocycles. The number of benzene rings is 2. The number of sulfonamides is 1. The fraction of sp³-hybridized carbons (Fsp3) is 0.263. The highest BCUT2D eigenvalue weighted by Gasteiger charge is 2.23. The maximum atomic E-state index is 12.9. The Morgan fingerprint density at radius 3 is 2.73 bits per heavy atom. The van der Waals surface area contributed by atoms with Crippen molar-refractivity contribution in [2.45, 2.75) is 17.7 Å². The Hall–Kier alpha value is -2.98. The third-order valence-electron chi connectivity index (χ3n) is 4.93. The minimum Gasteiger partial charge on any atom is -0.490 e. The predicted molar refractivity (Wildman–Crippen MR) is 120 cm³/mol. The van der Waals surface area contributed by atoms with Crippen molar-refractivity contribution in [2.24, 2.45) is 21.7 Å². The molecule has 0 atom stereocenters. The topological polar surface area (TPSA) is 135 Å². The number of likely N-dealkylation sites (N-methyl/N-ethyl adjacent to an activating group) is 1. The van der Waals surface area contributed by atoms with Gasteiger partial charge in [-0.25, -0.2) is 8.42 Å². The fourth-order valence-corrected chi connectivity index (χ4v) is 4.52. The second-order valence-electron chi connectivity index (χ2n) is 6.95. The zero-order valence-corrected chi connectivity index (χ0v) is 18.0. The third kappa shape index (κ3) is 4.29. The molecular formula is C19H23ClN6O3S. The zero-order valence-electron chi connectivity index (χ0n) is 16.3. The van der Waals surface area contributed by atoms with Crippen molar-refractivity contribution in [1.29, 1.82) is 0 Å². The van der Waals surface area contributed by atoms with Gasteiger partial charge in [0.25, 0.3) is 10.0 Å². The van der Waals surface area contributed by atoms with Gasteiger partial charge in [-0.3, -0.25) is 4.72 Å². The molecule has 1 aliphatic carbocycles. The largest absolute Gasteiger partial charge is 0.490 e. The van der Waals surface area contributed by atoms with Crippen molar-refractivity contribution >= 4 is 45.5 Å². The van der Waals surface area contributed by atoms with Crippen LogP contribution in [0.15, 0.2) is 51.5 Å². The van der Waals surface area contributed by atoms with Crippen molar-refractivity contribution in [3.05, 3.63) is 47.5 Å². The Labute approximate surface area is 181 Å². The van der Waals surface area contributed by atoms with Crippen molar-refractivity contribution in [1.82, 2.24) is 0 Å². The molecule has 0 fully saturated rings. The minimum atomic E-state index is -3.78. The van der Waals surface area contributed by atoms with Crippen LogP contribution in [0, 0.1) is 0 Å². The second kappa shape index (κ2) is 8.41. The standard InChI is InChI=1S/C19H22N6O3S.ClH/c1-25-8-9-28-18-11-14(5-7-17(18)25)29(26,27)24-13-4-2-12-3-6-16(15(12)10-13)22-23-19(20)21;/h2,4-5,7,10-11,24H,3,6,8-9H2,1H3,(H4,20,21,23);1H. The lowest BCUT2D eigenvalue weighted by molar-refractivity contribution is 0.310. The molecule has 0 saturated carbocycles. The number of nitrogens with two attached hydrogens (primary N) is 2. The first-order valence-electron chi connectivity index (χ1n) is 9.13. The summed E-state index contributed by atoms with van der Waals surface area (Å²) in [5, 5.41) is 7.78. The van der Waals surface area contributed by atoms with Crippen LogP contribution in [0.2, 0.25) is 0 Å². The molecule has 0 amide bonds. The molecule has 0 bridgehead atoms. The lowest BCUT2D eigenvalue weighted by Crippen LogP contribution is -2.29. The smallest absolute Gasteiger partial charge is 0.262 e. The second-order valence-corrected chi connectivity index (χ2v) is 8.63. The first kappa shape index (κ1) is 21.7. The van der Waals surface area contributed by atoms with Crippen LogP contribution in [-0.2, 0) is 16.4 Å². The zero-order chi connectivity index (χ0) is 20.6. The molecule has 160 valence electrons. The number of ether oxygens (including phenoxy) is 1. The van der Waals surface area contributed by atoms with E-state index in [4.69, 9.17) is 16.2 Å². The number of nitrogens with zero attached hydrogens (tertiary/aromatic N) is 3. The van der Waals surface area contributed by atoms with Gasteiger partial charge >= 0.3 is 0 Å². The number of halogens is 1. The van der Waals surface area contributed by atoms with Crippen molar-refractivity contribution in [2.75, 3.05) is 29.8 Å². The molecule has 1 heterocycles. The summed E-state index contributed by atoms with van der Waals surface area (Å²) in [6.45, 7) is 1.28. The van der Waals surface area contributed by atoms with Gasteiger partial charge in [-0.05, 0) is 42.7 Å². The summed E-state index contributed by atoms with van der Waals surface area (Å²) in [6, 6.07) is 10.3. The number of fused-ring (bicyclic) bond motifs is 2. The third-order valence-corrected chi connectivity index (χ3v) is 6.31. The summed E-state index contributed by atoms with van der Waals surface area (Å²) < 4.78 is 34.0. The van der Waals surface area contributed by atoms with Crippen molar-refractivity contribution < 1.29 is 13.2 Å². The van der Waals surface area contributed by atoms with Crippen LogP contribution < -0.4 is 25.8 Å². The number of rotatable bonds is 4. The Bertz CT molecular complexity index is 1130. The summed E-state index contributed by atoms with van der Waals surface area (Å²) in [7, 11) is -1.84. The monoisotopic (exact) mass is 450 g/mol. The first-order valence-corrected chi connectivity index (χ1v) is 10.6. The molecule has 2 aliphatic rings. The molecule has 4 rings (SSSR count). The van der Waals surface area contributed by atoms with E-state index in [0.29, 0.717) is 24.5 Å². The maximum Gasteiger partial charge on any atom is 0.262 e. The van der Waals surface area contributed by atoms with E-state index in [9.17, 15) is 8.42 Å².